The summed E-state index contributed by atoms with van der Waals surface area (Å²) < 4.78 is 5.18. The van der Waals surface area contributed by atoms with Crippen LogP contribution >= 0.6 is 11.3 Å². The van der Waals surface area contributed by atoms with Crippen molar-refractivity contribution in [3.05, 3.63) is 39.8 Å². The van der Waals surface area contributed by atoms with Crippen molar-refractivity contribution in [3.63, 3.8) is 0 Å². The van der Waals surface area contributed by atoms with Crippen molar-refractivity contribution in [2.45, 2.75) is 19.9 Å². The fraction of sp³-hybridized carbons (Fsp3) is 0.286. The third-order valence-electron chi connectivity index (χ3n) is 2.83. The highest BCUT2D eigenvalue weighted by molar-refractivity contribution is 7.11. The number of aromatic nitrogens is 1. The zero-order valence-corrected chi connectivity index (χ0v) is 12.5. The highest BCUT2D eigenvalue weighted by atomic mass is 32.1. The molecule has 20 heavy (non-hydrogen) atoms. The number of anilines is 1. The summed E-state index contributed by atoms with van der Waals surface area (Å²) in [6.07, 6.45) is 1.80. The van der Waals surface area contributed by atoms with Crippen LogP contribution in [0, 0.1) is 6.92 Å². The summed E-state index contributed by atoms with van der Waals surface area (Å²) in [7, 11) is 1.51. The van der Waals surface area contributed by atoms with Crippen LogP contribution in [-0.4, -0.2) is 18.0 Å². The number of ether oxygens (including phenoxy) is 1. The quantitative estimate of drug-likeness (QED) is 0.849. The number of aryl methyl sites for hydroxylation is 1. The highest BCUT2D eigenvalue weighted by Gasteiger charge is 2.17. The van der Waals surface area contributed by atoms with Crippen molar-refractivity contribution in [2.75, 3.05) is 12.8 Å². The summed E-state index contributed by atoms with van der Waals surface area (Å²) in [6.45, 7) is 3.89. The maximum atomic E-state index is 12.3. The van der Waals surface area contributed by atoms with Gasteiger partial charge < -0.3 is 15.8 Å². The average Bonchev–Trinajstić information content (AvgIpc) is 2.85. The number of thiazole rings is 1. The second-order valence-corrected chi connectivity index (χ2v) is 5.73. The van der Waals surface area contributed by atoms with Crippen LogP contribution in [0.2, 0.25) is 0 Å². The number of carbonyl (C=O) groups is 1. The van der Waals surface area contributed by atoms with Gasteiger partial charge in [0.25, 0.3) is 5.91 Å². The molecule has 0 saturated heterocycles. The zero-order chi connectivity index (χ0) is 14.7. The largest absolute Gasteiger partial charge is 0.496 e. The minimum absolute atomic E-state index is 0.150. The SMILES string of the molecule is COc1cc(N)ccc1C(=O)NC(C)c1ncc(C)s1. The van der Waals surface area contributed by atoms with Gasteiger partial charge in [0.2, 0.25) is 0 Å². The predicted molar refractivity (Wildman–Crippen MR) is 80.1 cm³/mol. The predicted octanol–water partition coefficient (Wildman–Crippen LogP) is 2.53. The molecule has 1 unspecified atom stereocenters. The molecule has 2 rings (SSSR count). The lowest BCUT2D eigenvalue weighted by atomic mass is 10.1. The van der Waals surface area contributed by atoms with Gasteiger partial charge in [-0.05, 0) is 26.0 Å². The second kappa shape index (κ2) is 5.92. The minimum atomic E-state index is -0.206. The number of nitrogens with one attached hydrogen (secondary N) is 1. The van der Waals surface area contributed by atoms with Crippen molar-refractivity contribution >= 4 is 22.9 Å². The van der Waals surface area contributed by atoms with E-state index in [1.807, 2.05) is 13.8 Å². The Hall–Kier alpha value is -2.08. The van der Waals surface area contributed by atoms with Crippen LogP contribution in [0.3, 0.4) is 0 Å². The molecule has 1 aromatic carbocycles. The first kappa shape index (κ1) is 14.3. The standard InChI is InChI=1S/C14H17N3O2S/c1-8-7-16-14(20-8)9(2)17-13(18)11-5-4-10(15)6-12(11)19-3/h4-7,9H,15H2,1-3H3,(H,17,18). The summed E-state index contributed by atoms with van der Waals surface area (Å²) in [4.78, 5) is 17.7. The van der Waals surface area contributed by atoms with E-state index in [0.29, 0.717) is 17.0 Å². The summed E-state index contributed by atoms with van der Waals surface area (Å²) in [5, 5.41) is 3.79. The summed E-state index contributed by atoms with van der Waals surface area (Å²) >= 11 is 1.57. The molecule has 5 nitrogen and oxygen atoms in total. The van der Waals surface area contributed by atoms with Crippen molar-refractivity contribution in [1.82, 2.24) is 10.3 Å². The molecule has 106 valence electrons. The number of rotatable bonds is 4. The van der Waals surface area contributed by atoms with Gasteiger partial charge >= 0.3 is 0 Å². The van der Waals surface area contributed by atoms with E-state index < -0.39 is 0 Å². The Morgan fingerprint density at radius 2 is 2.25 bits per heavy atom. The van der Waals surface area contributed by atoms with Gasteiger partial charge in [-0.15, -0.1) is 11.3 Å². The van der Waals surface area contributed by atoms with Crippen molar-refractivity contribution in [1.29, 1.82) is 0 Å². The first-order valence-corrected chi connectivity index (χ1v) is 6.99. The molecule has 1 atom stereocenters. The van der Waals surface area contributed by atoms with E-state index in [0.717, 1.165) is 9.88 Å². The summed E-state index contributed by atoms with van der Waals surface area (Å²) in [6, 6.07) is 4.81. The fourth-order valence-electron chi connectivity index (χ4n) is 1.80. The number of hydrogen-bond donors (Lipinski definition) is 2. The molecule has 0 spiro atoms. The fourth-order valence-corrected chi connectivity index (χ4v) is 2.58. The Labute approximate surface area is 121 Å². The molecule has 6 heteroatoms. The first-order valence-electron chi connectivity index (χ1n) is 6.18. The number of amides is 1. The van der Waals surface area contributed by atoms with E-state index in [1.165, 1.54) is 7.11 Å². The molecule has 3 N–H and O–H groups in total. The molecule has 2 aromatic rings. The van der Waals surface area contributed by atoms with Crippen molar-refractivity contribution in [3.8, 4) is 5.75 Å². The Kier molecular flexibility index (Phi) is 4.24. The van der Waals surface area contributed by atoms with Crippen molar-refractivity contribution < 1.29 is 9.53 Å². The first-order chi connectivity index (χ1) is 9.51. The van der Waals surface area contributed by atoms with Crippen molar-refractivity contribution in [2.24, 2.45) is 0 Å². The van der Waals surface area contributed by atoms with E-state index in [1.54, 1.807) is 35.7 Å². The summed E-state index contributed by atoms with van der Waals surface area (Å²) in [5.74, 6) is 0.257. The number of nitrogen functional groups attached to an aromatic ring is 1. The molecule has 1 heterocycles. The molecule has 0 aliphatic rings. The molecular weight excluding hydrogens is 274 g/mol. The van der Waals surface area contributed by atoms with Crippen LogP contribution in [-0.2, 0) is 0 Å². The van der Waals surface area contributed by atoms with Crippen LogP contribution in [0.25, 0.3) is 0 Å². The van der Waals surface area contributed by atoms with E-state index in [-0.39, 0.29) is 11.9 Å². The number of carbonyl (C=O) groups excluding carboxylic acids is 1. The average molecular weight is 291 g/mol. The van der Waals surface area contributed by atoms with Gasteiger partial charge in [-0.25, -0.2) is 4.98 Å². The Morgan fingerprint density at radius 3 is 2.85 bits per heavy atom. The van der Waals surface area contributed by atoms with Gasteiger partial charge in [0.05, 0.1) is 18.7 Å². The van der Waals surface area contributed by atoms with E-state index >= 15 is 0 Å². The second-order valence-electron chi connectivity index (χ2n) is 4.46. The monoisotopic (exact) mass is 291 g/mol. The van der Waals surface area contributed by atoms with Crippen LogP contribution in [0.4, 0.5) is 5.69 Å². The van der Waals surface area contributed by atoms with Gasteiger partial charge in [0.15, 0.2) is 0 Å². The van der Waals surface area contributed by atoms with Crippen LogP contribution in [0.5, 0.6) is 5.75 Å². The molecular formula is C14H17N3O2S. The van der Waals surface area contributed by atoms with Crippen LogP contribution in [0.1, 0.15) is 33.2 Å². The molecule has 0 aliphatic carbocycles. The van der Waals surface area contributed by atoms with Gasteiger partial charge in [0, 0.05) is 22.8 Å². The molecule has 0 saturated carbocycles. The van der Waals surface area contributed by atoms with Gasteiger partial charge in [-0.2, -0.15) is 0 Å². The number of nitrogens with two attached hydrogens (primary N) is 1. The van der Waals surface area contributed by atoms with E-state index in [9.17, 15) is 4.79 Å². The van der Waals surface area contributed by atoms with E-state index in [4.69, 9.17) is 10.5 Å². The molecule has 0 fully saturated rings. The summed E-state index contributed by atoms with van der Waals surface area (Å²) in [5.41, 5.74) is 6.70. The number of methoxy groups -OCH3 is 1. The Balaban J connectivity index is 2.16. The number of nitrogens with zero attached hydrogens (tertiary/aromatic N) is 1. The zero-order valence-electron chi connectivity index (χ0n) is 11.6. The lowest BCUT2D eigenvalue weighted by Crippen LogP contribution is -2.27. The van der Waals surface area contributed by atoms with Gasteiger partial charge in [0.1, 0.15) is 10.8 Å². The maximum Gasteiger partial charge on any atom is 0.255 e. The van der Waals surface area contributed by atoms with E-state index in [2.05, 4.69) is 10.3 Å². The smallest absolute Gasteiger partial charge is 0.255 e. The lowest BCUT2D eigenvalue weighted by molar-refractivity contribution is 0.0937. The normalized spacial score (nSPS) is 11.9. The van der Waals surface area contributed by atoms with Gasteiger partial charge in [-0.1, -0.05) is 0 Å². The molecule has 1 amide bonds. The van der Waals surface area contributed by atoms with Crippen LogP contribution in [0.15, 0.2) is 24.4 Å². The molecule has 0 radical (unpaired) electrons. The highest BCUT2D eigenvalue weighted by Crippen LogP contribution is 2.23. The van der Waals surface area contributed by atoms with Gasteiger partial charge in [-0.3, -0.25) is 4.79 Å². The number of hydrogen-bond acceptors (Lipinski definition) is 5. The Bertz CT molecular complexity index is 625. The van der Waals surface area contributed by atoms with Crippen LogP contribution < -0.4 is 15.8 Å². The third kappa shape index (κ3) is 3.08. The minimum Gasteiger partial charge on any atom is -0.496 e. The topological polar surface area (TPSA) is 77.2 Å². The Morgan fingerprint density at radius 1 is 1.50 bits per heavy atom. The molecule has 0 aliphatic heterocycles. The molecule has 0 bridgehead atoms. The third-order valence-corrected chi connectivity index (χ3v) is 3.92. The lowest BCUT2D eigenvalue weighted by Gasteiger charge is -2.13. The maximum absolute atomic E-state index is 12.3. The molecule has 1 aromatic heterocycles. The number of benzene rings is 1.